The number of thiophene rings is 1. The van der Waals surface area contributed by atoms with E-state index in [0.29, 0.717) is 0 Å². The van der Waals surface area contributed by atoms with Crippen LogP contribution in [0.25, 0.3) is 215 Å². The van der Waals surface area contributed by atoms with Gasteiger partial charge in [0.25, 0.3) is 0 Å². The van der Waals surface area contributed by atoms with Crippen LogP contribution in [0, 0.1) is 0 Å². The quantitative estimate of drug-likeness (QED) is 0.136. The molecule has 574 valence electrons. The molecule has 24 aromatic rings. The van der Waals surface area contributed by atoms with Gasteiger partial charge in [-0.1, -0.05) is 335 Å². The van der Waals surface area contributed by atoms with Gasteiger partial charge in [-0.05, 0) is 142 Å². The molecule has 8 nitrogen and oxygen atoms in total. The van der Waals surface area contributed by atoms with Gasteiger partial charge in [-0.2, -0.15) is 0 Å². The SMILES string of the molecule is CC1(C)c2ccccc2-c2cc3c(cc21)c1ccccc1n3-c1ccc(-c2cc(-c3ccccc3)nc(-c3ccccc3)n2)cc1.c1ccc(-c2cc(-c3ccccc3)nc(-n3c4ccccc4c4c5oc6ccccc6c5ccc43)c2)cc1.c1ccc(-c2cc(-c3ccccc3)nc(-n3c4ccccc4c4ccc5c6ccccc6sc5c43)c2)cc1. The van der Waals surface area contributed by atoms with E-state index in [2.05, 4.69) is 404 Å². The first kappa shape index (κ1) is 71.6. The van der Waals surface area contributed by atoms with Gasteiger partial charge in [0.05, 0.1) is 66.0 Å². The Morgan fingerprint density at radius 2 is 0.713 bits per heavy atom. The first-order valence-corrected chi connectivity index (χ1v) is 42.3. The Labute approximate surface area is 708 Å². The molecule has 122 heavy (non-hydrogen) atoms. The normalized spacial score (nSPS) is 12.2. The smallest absolute Gasteiger partial charge is 0.160 e. The van der Waals surface area contributed by atoms with Crippen molar-refractivity contribution < 1.29 is 4.42 Å². The van der Waals surface area contributed by atoms with E-state index in [4.69, 9.17) is 24.4 Å². The van der Waals surface area contributed by atoms with Gasteiger partial charge in [0.2, 0.25) is 0 Å². The zero-order chi connectivity index (χ0) is 80.9. The van der Waals surface area contributed by atoms with E-state index in [1.165, 1.54) is 91.6 Å². The maximum Gasteiger partial charge on any atom is 0.160 e. The van der Waals surface area contributed by atoms with Crippen LogP contribution in [0.1, 0.15) is 25.0 Å². The Balaban J connectivity index is 0.000000107. The molecule has 1 aliphatic carbocycles. The molecule has 9 heteroatoms. The van der Waals surface area contributed by atoms with Crippen LogP contribution in [-0.4, -0.2) is 33.6 Å². The number of nitrogens with zero attached hydrogens (tertiary/aromatic N) is 7. The lowest BCUT2D eigenvalue weighted by atomic mass is 9.82. The third-order valence-electron chi connectivity index (χ3n) is 24.4. The van der Waals surface area contributed by atoms with Crippen LogP contribution in [0.4, 0.5) is 0 Å². The number of benzene rings is 16. The highest BCUT2D eigenvalue weighted by Gasteiger charge is 2.36. The minimum Gasteiger partial charge on any atom is -0.455 e. The number of rotatable bonds is 10. The van der Waals surface area contributed by atoms with Gasteiger partial charge in [0.15, 0.2) is 5.82 Å². The molecule has 0 saturated carbocycles. The highest BCUT2D eigenvalue weighted by molar-refractivity contribution is 7.26. The molecular formula is C113H75N7OS. The van der Waals surface area contributed by atoms with E-state index in [-0.39, 0.29) is 5.41 Å². The van der Waals surface area contributed by atoms with Crippen LogP contribution in [-0.2, 0) is 5.41 Å². The fourth-order valence-electron chi connectivity index (χ4n) is 18.6. The first-order valence-electron chi connectivity index (χ1n) is 41.5. The number of pyridine rings is 2. The summed E-state index contributed by atoms with van der Waals surface area (Å²) in [6.07, 6.45) is 0. The fraction of sp³-hybridized carbons (Fsp3) is 0.0265. The summed E-state index contributed by atoms with van der Waals surface area (Å²) in [6, 6.07) is 148. The van der Waals surface area contributed by atoms with E-state index < -0.39 is 0 Å². The lowest BCUT2D eigenvalue weighted by molar-refractivity contribution is 0.661. The Bertz CT molecular complexity index is 8010. The first-order chi connectivity index (χ1) is 60.3. The van der Waals surface area contributed by atoms with Crippen molar-refractivity contribution >= 4 is 119 Å². The van der Waals surface area contributed by atoms with Crippen LogP contribution in [0.15, 0.2) is 423 Å². The predicted octanol–water partition coefficient (Wildman–Crippen LogP) is 30.2. The van der Waals surface area contributed by atoms with Crippen molar-refractivity contribution in [1.82, 2.24) is 33.6 Å². The number of hydrogen-bond donors (Lipinski definition) is 0. The maximum absolute atomic E-state index is 6.48. The van der Waals surface area contributed by atoms with Gasteiger partial charge in [-0.15, -0.1) is 11.3 Å². The number of furan rings is 1. The van der Waals surface area contributed by atoms with Gasteiger partial charge < -0.3 is 8.98 Å². The van der Waals surface area contributed by atoms with E-state index in [0.717, 1.165) is 134 Å². The Morgan fingerprint density at radius 3 is 1.32 bits per heavy atom. The zero-order valence-corrected chi connectivity index (χ0v) is 67.6. The molecule has 1 aliphatic rings. The lowest BCUT2D eigenvalue weighted by Gasteiger charge is -2.21. The highest BCUT2D eigenvalue weighted by atomic mass is 32.1. The molecule has 0 atom stereocenters. The number of aromatic nitrogens is 7. The summed E-state index contributed by atoms with van der Waals surface area (Å²) in [4.78, 5) is 20.5. The summed E-state index contributed by atoms with van der Waals surface area (Å²) < 4.78 is 16.1. The van der Waals surface area contributed by atoms with Crippen LogP contribution < -0.4 is 0 Å². The van der Waals surface area contributed by atoms with Crippen LogP contribution in [0.5, 0.6) is 0 Å². The van der Waals surface area contributed by atoms with E-state index in [1.807, 2.05) is 53.8 Å². The van der Waals surface area contributed by atoms with Crippen molar-refractivity contribution in [2.45, 2.75) is 19.3 Å². The van der Waals surface area contributed by atoms with Gasteiger partial charge in [0.1, 0.15) is 22.8 Å². The van der Waals surface area contributed by atoms with Crippen molar-refractivity contribution in [2.75, 3.05) is 0 Å². The molecule has 8 heterocycles. The summed E-state index contributed by atoms with van der Waals surface area (Å²) in [6.45, 7) is 4.70. The lowest BCUT2D eigenvalue weighted by Crippen LogP contribution is -2.14. The number of hydrogen-bond acceptors (Lipinski definition) is 6. The highest BCUT2D eigenvalue weighted by Crippen LogP contribution is 2.52. The van der Waals surface area contributed by atoms with Crippen molar-refractivity contribution in [2.24, 2.45) is 0 Å². The third kappa shape index (κ3) is 12.2. The summed E-state index contributed by atoms with van der Waals surface area (Å²) >= 11 is 1.87. The Kier molecular flexibility index (Phi) is 17.3. The molecule has 16 aromatic carbocycles. The summed E-state index contributed by atoms with van der Waals surface area (Å²) in [7, 11) is 0. The second-order valence-electron chi connectivity index (χ2n) is 31.9. The molecule has 0 unspecified atom stereocenters. The van der Waals surface area contributed by atoms with Gasteiger partial charge >= 0.3 is 0 Å². The number of fused-ring (bicyclic) bond motifs is 20. The van der Waals surface area contributed by atoms with Crippen LogP contribution >= 0.6 is 11.3 Å². The van der Waals surface area contributed by atoms with E-state index in [9.17, 15) is 0 Å². The number of para-hydroxylation sites is 4. The van der Waals surface area contributed by atoms with Crippen molar-refractivity contribution in [3.63, 3.8) is 0 Å². The zero-order valence-electron chi connectivity index (χ0n) is 66.8. The topological polar surface area (TPSA) is 79.5 Å². The molecule has 0 bridgehead atoms. The standard InChI is InChI=1S/C43H31N3.C35H22N2O.C35H22N2S/c1-43(2)36-19-11-9-17-32(36)34-26-41-35(25-37(34)43)33-18-10-12-20-40(33)46(41)31-23-21-29(22-24-31)39-27-38(28-13-5-3-6-14-28)44-42(45-39)30-15-7-4-8-16-30;1-3-11-23(12-4-1)25-21-29(24-13-5-2-6-14-24)36-33(22-25)37-30-17-9-7-16-28(30)34-31(37)20-19-27-26-15-8-10-18-32(26)38-35(27)34;1-3-11-23(12-4-1)25-21-30(24-13-5-2-6-14-24)36-33(22-25)37-31-17-9-7-15-26(31)28-19-20-29-27-16-8-10-18-32(27)38-35(29)34(28)37/h3-27H,1-2H3;2*1-22H. The largest absolute Gasteiger partial charge is 0.455 e. The van der Waals surface area contributed by atoms with Crippen molar-refractivity contribution in [3.8, 4) is 107 Å². The monoisotopic (exact) mass is 1580 g/mol. The van der Waals surface area contributed by atoms with Crippen LogP contribution in [0.2, 0.25) is 0 Å². The maximum atomic E-state index is 6.48. The predicted molar refractivity (Wildman–Crippen MR) is 509 cm³/mol. The molecule has 0 spiro atoms. The minimum atomic E-state index is -0.0419. The Morgan fingerprint density at radius 1 is 0.262 bits per heavy atom. The van der Waals surface area contributed by atoms with E-state index in [1.54, 1.807) is 0 Å². The fourth-order valence-corrected chi connectivity index (χ4v) is 19.9. The average Bonchev–Trinajstić information content (AvgIpc) is 1.57. The molecule has 8 aromatic heterocycles. The summed E-state index contributed by atoms with van der Waals surface area (Å²) in [5.74, 6) is 2.54. The molecular weight excluding hydrogens is 1500 g/mol. The Hall–Kier alpha value is -15.7. The molecule has 0 amide bonds. The second-order valence-corrected chi connectivity index (χ2v) is 33.0. The van der Waals surface area contributed by atoms with E-state index >= 15 is 0 Å². The van der Waals surface area contributed by atoms with Gasteiger partial charge in [-0.25, -0.2) is 19.9 Å². The average molecular weight is 1580 g/mol. The van der Waals surface area contributed by atoms with Crippen molar-refractivity contribution in [1.29, 1.82) is 0 Å². The van der Waals surface area contributed by atoms with Crippen molar-refractivity contribution in [3.05, 3.63) is 430 Å². The molecule has 25 rings (SSSR count). The molecule has 0 fully saturated rings. The third-order valence-corrected chi connectivity index (χ3v) is 25.6. The summed E-state index contributed by atoms with van der Waals surface area (Å²) in [5, 5.41) is 12.2. The second kappa shape index (κ2) is 29.4. The van der Waals surface area contributed by atoms with Gasteiger partial charge in [0, 0.05) is 92.1 Å². The molecule has 0 saturated heterocycles. The minimum absolute atomic E-state index is 0.0419. The molecule has 0 aliphatic heterocycles. The summed E-state index contributed by atoms with van der Waals surface area (Å²) in [5.41, 5.74) is 29.0. The van der Waals surface area contributed by atoms with Crippen LogP contribution in [0.3, 0.4) is 0 Å². The van der Waals surface area contributed by atoms with Gasteiger partial charge in [-0.3, -0.25) is 9.13 Å². The molecule has 0 radical (unpaired) electrons. The molecule has 0 N–H and O–H groups in total.